The highest BCUT2D eigenvalue weighted by molar-refractivity contribution is 6.35. The largest absolute Gasteiger partial charge is 0.493 e. The third-order valence-corrected chi connectivity index (χ3v) is 5.33. The average Bonchev–Trinajstić information content (AvgIpc) is 3.37. The van der Waals surface area contributed by atoms with Gasteiger partial charge in [-0.25, -0.2) is 5.43 Å². The van der Waals surface area contributed by atoms with Crippen LogP contribution in [0.25, 0.3) is 0 Å². The summed E-state index contributed by atoms with van der Waals surface area (Å²) in [5.41, 5.74) is 3.97. The topological polar surface area (TPSA) is 131 Å². The molecule has 0 bridgehead atoms. The molecule has 10 nitrogen and oxygen atoms in total. The lowest BCUT2D eigenvalue weighted by Gasteiger charge is -2.13. The predicted octanol–water partition coefficient (Wildman–Crippen LogP) is 3.69. The van der Waals surface area contributed by atoms with Crippen molar-refractivity contribution in [3.8, 4) is 11.5 Å². The van der Waals surface area contributed by atoms with Gasteiger partial charge in [0, 0.05) is 10.7 Å². The first-order valence-electron chi connectivity index (χ1n) is 10.5. The highest BCUT2D eigenvalue weighted by Crippen LogP contribution is 2.36. The number of benzene rings is 2. The fraction of sp³-hybridized carbons (Fsp3) is 0.167. The molecule has 0 aliphatic carbocycles. The second kappa shape index (κ2) is 12.6. The number of hydrogen-bond donors (Lipinski definition) is 3. The Morgan fingerprint density at radius 1 is 1.08 bits per heavy atom. The van der Waals surface area contributed by atoms with Crippen LogP contribution >= 0.6 is 23.2 Å². The van der Waals surface area contributed by atoms with Crippen LogP contribution in [-0.4, -0.2) is 37.7 Å². The van der Waals surface area contributed by atoms with Crippen molar-refractivity contribution in [2.75, 3.05) is 19.0 Å². The van der Waals surface area contributed by atoms with Crippen molar-refractivity contribution in [3.05, 3.63) is 75.7 Å². The third-order valence-electron chi connectivity index (χ3n) is 4.64. The molecule has 2 aromatic carbocycles. The summed E-state index contributed by atoms with van der Waals surface area (Å²) in [7, 11) is 1.40. The third kappa shape index (κ3) is 7.49. The Morgan fingerprint density at radius 2 is 1.89 bits per heavy atom. The minimum absolute atomic E-state index is 0.0635. The molecule has 0 aliphatic rings. The van der Waals surface area contributed by atoms with Crippen LogP contribution in [0.15, 0.2) is 58.2 Å². The van der Waals surface area contributed by atoms with Crippen LogP contribution in [0.1, 0.15) is 16.9 Å². The van der Waals surface area contributed by atoms with E-state index in [4.69, 9.17) is 37.1 Å². The Kier molecular flexibility index (Phi) is 9.32. The molecule has 36 heavy (non-hydrogen) atoms. The minimum Gasteiger partial charge on any atom is -0.493 e. The number of hydrogen-bond acceptors (Lipinski definition) is 7. The highest BCUT2D eigenvalue weighted by Gasteiger charge is 2.15. The van der Waals surface area contributed by atoms with Crippen LogP contribution in [0.2, 0.25) is 10.0 Å². The van der Waals surface area contributed by atoms with Crippen LogP contribution in [0.5, 0.6) is 11.5 Å². The van der Waals surface area contributed by atoms with Crippen molar-refractivity contribution < 1.29 is 28.3 Å². The molecule has 0 fully saturated rings. The normalized spacial score (nSPS) is 10.7. The molecule has 0 saturated heterocycles. The number of aryl methyl sites for hydroxylation is 1. The Balaban J connectivity index is 1.55. The first kappa shape index (κ1) is 26.6. The Morgan fingerprint density at radius 3 is 2.58 bits per heavy atom. The van der Waals surface area contributed by atoms with Crippen molar-refractivity contribution in [2.24, 2.45) is 5.10 Å². The van der Waals surface area contributed by atoms with Gasteiger partial charge in [0.15, 0.2) is 18.1 Å². The van der Waals surface area contributed by atoms with Gasteiger partial charge in [0.1, 0.15) is 5.76 Å². The molecular formula is C24H22Cl2N4O6. The first-order chi connectivity index (χ1) is 17.3. The summed E-state index contributed by atoms with van der Waals surface area (Å²) in [6, 6.07) is 11.5. The van der Waals surface area contributed by atoms with Crippen LogP contribution in [0, 0.1) is 6.92 Å². The van der Waals surface area contributed by atoms with Gasteiger partial charge in [0.25, 0.3) is 5.91 Å². The van der Waals surface area contributed by atoms with Crippen LogP contribution in [0.4, 0.5) is 5.69 Å². The highest BCUT2D eigenvalue weighted by atomic mass is 35.5. The van der Waals surface area contributed by atoms with Gasteiger partial charge in [0.2, 0.25) is 0 Å². The summed E-state index contributed by atoms with van der Waals surface area (Å²) in [4.78, 5) is 36.0. The van der Waals surface area contributed by atoms with E-state index in [0.29, 0.717) is 22.0 Å². The number of furan rings is 1. The van der Waals surface area contributed by atoms with E-state index < -0.39 is 17.7 Å². The number of nitrogens with one attached hydrogen (secondary N) is 3. The molecular weight excluding hydrogens is 511 g/mol. The van der Waals surface area contributed by atoms with E-state index in [1.54, 1.807) is 30.3 Å². The lowest BCUT2D eigenvalue weighted by Crippen LogP contribution is -2.37. The molecule has 3 N–H and O–H groups in total. The van der Waals surface area contributed by atoms with Gasteiger partial charge in [0.05, 0.1) is 31.2 Å². The van der Waals surface area contributed by atoms with Crippen LogP contribution in [0.3, 0.4) is 0 Å². The van der Waals surface area contributed by atoms with E-state index in [1.165, 1.54) is 31.7 Å². The fourth-order valence-electron chi connectivity index (χ4n) is 2.84. The Hall–Kier alpha value is -4.02. The number of rotatable bonds is 9. The number of nitrogens with zero attached hydrogens (tertiary/aromatic N) is 1. The van der Waals surface area contributed by atoms with Gasteiger partial charge in [-0.1, -0.05) is 29.3 Å². The Bertz CT molecular complexity index is 1280. The van der Waals surface area contributed by atoms with Gasteiger partial charge in [-0.2, -0.15) is 5.10 Å². The smallest absolute Gasteiger partial charge is 0.329 e. The van der Waals surface area contributed by atoms with Crippen molar-refractivity contribution in [1.29, 1.82) is 0 Å². The molecule has 0 unspecified atom stereocenters. The number of amides is 3. The zero-order valence-electron chi connectivity index (χ0n) is 19.3. The molecule has 3 aromatic rings. The molecule has 0 aliphatic heterocycles. The van der Waals surface area contributed by atoms with Crippen LogP contribution < -0.4 is 25.5 Å². The van der Waals surface area contributed by atoms with E-state index in [9.17, 15) is 14.4 Å². The van der Waals surface area contributed by atoms with E-state index in [1.807, 2.05) is 6.92 Å². The molecule has 1 heterocycles. The van der Waals surface area contributed by atoms with E-state index in [-0.39, 0.29) is 29.7 Å². The summed E-state index contributed by atoms with van der Waals surface area (Å²) < 4.78 is 15.9. The Labute approximate surface area is 216 Å². The number of carbonyl (C=O) groups excluding carboxylic acids is 3. The molecule has 12 heteroatoms. The van der Waals surface area contributed by atoms with Gasteiger partial charge in [-0.15, -0.1) is 0 Å². The van der Waals surface area contributed by atoms with E-state index in [0.717, 1.165) is 5.56 Å². The summed E-state index contributed by atoms with van der Waals surface area (Å²) in [6.45, 7) is 1.58. The van der Waals surface area contributed by atoms with Crippen molar-refractivity contribution in [2.45, 2.75) is 13.5 Å². The molecule has 188 valence electrons. The van der Waals surface area contributed by atoms with Gasteiger partial charge in [-0.3, -0.25) is 14.4 Å². The number of carbonyl (C=O) groups is 3. The summed E-state index contributed by atoms with van der Waals surface area (Å²) in [5, 5.41) is 9.50. The van der Waals surface area contributed by atoms with E-state index >= 15 is 0 Å². The monoisotopic (exact) mass is 532 g/mol. The number of halogens is 2. The minimum atomic E-state index is -0.961. The number of methoxy groups -OCH3 is 1. The zero-order chi connectivity index (χ0) is 26.1. The summed E-state index contributed by atoms with van der Waals surface area (Å²) in [5.74, 6) is -1.38. The number of ether oxygens (including phenoxy) is 2. The molecule has 3 amide bonds. The van der Waals surface area contributed by atoms with E-state index in [2.05, 4.69) is 21.2 Å². The quantitative estimate of drug-likeness (QED) is 0.219. The van der Waals surface area contributed by atoms with Crippen molar-refractivity contribution >= 4 is 52.8 Å². The maximum atomic E-state index is 12.3. The SMILES string of the molecule is COc1cc(/C=N\NC(=O)C(=O)NCc2ccco2)cc(Cl)c1OCC(=O)Nc1ccc(C)c(Cl)c1. The molecule has 0 radical (unpaired) electrons. The first-order valence-corrected chi connectivity index (χ1v) is 11.2. The molecule has 1 aromatic heterocycles. The predicted molar refractivity (Wildman–Crippen MR) is 135 cm³/mol. The average molecular weight is 533 g/mol. The lowest BCUT2D eigenvalue weighted by atomic mass is 10.2. The standard InChI is InChI=1S/C24H22Cl2N4O6/c1-14-5-6-16(10-18(14)25)29-21(31)13-36-22-19(26)8-15(9-20(22)34-2)11-28-30-24(33)23(32)27-12-17-4-3-7-35-17/h3-11H,12-13H2,1-2H3,(H,27,32)(H,29,31)(H,30,33)/b28-11-. The van der Waals surface area contributed by atoms with Gasteiger partial charge >= 0.3 is 11.8 Å². The number of hydrazone groups is 1. The second-order valence-corrected chi connectivity index (χ2v) is 8.11. The van der Waals surface area contributed by atoms with Gasteiger partial charge in [-0.05, 0) is 54.4 Å². The van der Waals surface area contributed by atoms with Gasteiger partial charge < -0.3 is 24.5 Å². The maximum Gasteiger partial charge on any atom is 0.329 e. The molecule has 0 spiro atoms. The number of anilines is 1. The van der Waals surface area contributed by atoms with Crippen LogP contribution in [-0.2, 0) is 20.9 Å². The zero-order valence-corrected chi connectivity index (χ0v) is 20.8. The molecule has 0 atom stereocenters. The van der Waals surface area contributed by atoms with Crippen molar-refractivity contribution in [3.63, 3.8) is 0 Å². The maximum absolute atomic E-state index is 12.3. The summed E-state index contributed by atoms with van der Waals surface area (Å²) in [6.07, 6.45) is 2.72. The fourth-order valence-corrected chi connectivity index (χ4v) is 3.29. The summed E-state index contributed by atoms with van der Waals surface area (Å²) >= 11 is 12.4. The second-order valence-electron chi connectivity index (χ2n) is 7.30. The molecule has 3 rings (SSSR count). The lowest BCUT2D eigenvalue weighted by molar-refractivity contribution is -0.139. The van der Waals surface area contributed by atoms with Crippen molar-refractivity contribution in [1.82, 2.24) is 10.7 Å². The molecule has 0 saturated carbocycles.